The van der Waals surface area contributed by atoms with E-state index in [-0.39, 0.29) is 5.91 Å². The van der Waals surface area contributed by atoms with E-state index in [4.69, 9.17) is 11.6 Å². The fourth-order valence-corrected chi connectivity index (χ4v) is 4.16. The highest BCUT2D eigenvalue weighted by Gasteiger charge is 2.24. The SMILES string of the molecule is Cc1c(Cl)cccc1NC(=O)c1ccc2c(c1)CCCN2S(C)(=O)=O. The first-order chi connectivity index (χ1) is 11.8. The van der Waals surface area contributed by atoms with Crippen LogP contribution in [0.1, 0.15) is 27.9 Å². The lowest BCUT2D eigenvalue weighted by atomic mass is 10.0. The van der Waals surface area contributed by atoms with E-state index >= 15 is 0 Å². The van der Waals surface area contributed by atoms with Gasteiger partial charge in [0.15, 0.2) is 0 Å². The summed E-state index contributed by atoms with van der Waals surface area (Å²) in [7, 11) is -3.31. The van der Waals surface area contributed by atoms with Gasteiger partial charge >= 0.3 is 0 Å². The molecule has 1 heterocycles. The molecule has 1 N–H and O–H groups in total. The summed E-state index contributed by atoms with van der Waals surface area (Å²) in [6.07, 6.45) is 2.68. The van der Waals surface area contributed by atoms with Crippen molar-refractivity contribution in [1.29, 1.82) is 0 Å². The quantitative estimate of drug-likeness (QED) is 0.887. The third-order valence-corrected chi connectivity index (χ3v) is 5.92. The van der Waals surface area contributed by atoms with E-state index in [0.717, 1.165) is 24.0 Å². The van der Waals surface area contributed by atoms with Crippen LogP contribution in [0.4, 0.5) is 11.4 Å². The summed E-state index contributed by atoms with van der Waals surface area (Å²) < 4.78 is 25.2. The number of nitrogens with zero attached hydrogens (tertiary/aromatic N) is 1. The van der Waals surface area contributed by atoms with Crippen LogP contribution in [0, 0.1) is 6.92 Å². The van der Waals surface area contributed by atoms with Crippen LogP contribution < -0.4 is 9.62 Å². The highest BCUT2D eigenvalue weighted by Crippen LogP contribution is 2.30. The Morgan fingerprint density at radius 2 is 2.00 bits per heavy atom. The number of carbonyl (C=O) groups is 1. The number of nitrogens with one attached hydrogen (secondary N) is 1. The number of aryl methyl sites for hydroxylation is 1. The average Bonchev–Trinajstić information content (AvgIpc) is 2.57. The Hall–Kier alpha value is -2.05. The van der Waals surface area contributed by atoms with Gasteiger partial charge in [-0.2, -0.15) is 0 Å². The molecule has 0 saturated heterocycles. The normalized spacial score (nSPS) is 14.1. The minimum Gasteiger partial charge on any atom is -0.322 e. The Bertz CT molecular complexity index is 941. The molecule has 0 saturated carbocycles. The first-order valence-corrected chi connectivity index (χ1v) is 10.2. The van der Waals surface area contributed by atoms with Gasteiger partial charge in [0, 0.05) is 22.8 Å². The van der Waals surface area contributed by atoms with Gasteiger partial charge in [0.2, 0.25) is 10.0 Å². The van der Waals surface area contributed by atoms with Crippen molar-refractivity contribution in [1.82, 2.24) is 0 Å². The number of carbonyl (C=O) groups excluding carboxylic acids is 1. The molecule has 0 spiro atoms. The predicted octanol–water partition coefficient (Wildman–Crippen LogP) is 3.61. The van der Waals surface area contributed by atoms with Gasteiger partial charge in [-0.15, -0.1) is 0 Å². The Labute approximate surface area is 152 Å². The number of rotatable bonds is 3. The van der Waals surface area contributed by atoms with Crippen molar-refractivity contribution in [3.05, 3.63) is 58.1 Å². The van der Waals surface area contributed by atoms with E-state index in [1.54, 1.807) is 36.4 Å². The van der Waals surface area contributed by atoms with Crippen molar-refractivity contribution >= 4 is 38.9 Å². The zero-order chi connectivity index (χ0) is 18.2. The molecule has 5 nitrogen and oxygen atoms in total. The summed E-state index contributed by atoms with van der Waals surface area (Å²) >= 11 is 6.08. The van der Waals surface area contributed by atoms with Gasteiger partial charge in [0.1, 0.15) is 0 Å². The number of amides is 1. The first-order valence-electron chi connectivity index (χ1n) is 7.94. The average molecular weight is 379 g/mol. The molecule has 1 aliphatic rings. The van der Waals surface area contributed by atoms with E-state index in [1.807, 2.05) is 6.92 Å². The lowest BCUT2D eigenvalue weighted by Crippen LogP contribution is -2.34. The fourth-order valence-electron chi connectivity index (χ4n) is 2.99. The number of halogens is 1. The molecule has 7 heteroatoms. The highest BCUT2D eigenvalue weighted by atomic mass is 35.5. The highest BCUT2D eigenvalue weighted by molar-refractivity contribution is 7.92. The van der Waals surface area contributed by atoms with Crippen molar-refractivity contribution in [2.45, 2.75) is 19.8 Å². The maximum Gasteiger partial charge on any atom is 0.255 e. The van der Waals surface area contributed by atoms with Crippen molar-refractivity contribution in [2.24, 2.45) is 0 Å². The van der Waals surface area contributed by atoms with Crippen molar-refractivity contribution in [3.8, 4) is 0 Å². The molecule has 1 aliphatic heterocycles. The first kappa shape index (κ1) is 17.8. The topological polar surface area (TPSA) is 66.5 Å². The molecule has 0 unspecified atom stereocenters. The van der Waals surface area contributed by atoms with E-state index in [1.165, 1.54) is 10.6 Å². The zero-order valence-electron chi connectivity index (χ0n) is 14.0. The Kier molecular flexibility index (Phi) is 4.75. The van der Waals surface area contributed by atoms with Gasteiger partial charge in [-0.3, -0.25) is 9.10 Å². The van der Waals surface area contributed by atoms with Gasteiger partial charge in [-0.1, -0.05) is 17.7 Å². The minimum absolute atomic E-state index is 0.246. The summed E-state index contributed by atoms with van der Waals surface area (Å²) in [5.41, 5.74) is 3.48. The van der Waals surface area contributed by atoms with Crippen molar-refractivity contribution in [2.75, 3.05) is 22.4 Å². The summed E-state index contributed by atoms with van der Waals surface area (Å²) in [4.78, 5) is 12.6. The van der Waals surface area contributed by atoms with Crippen LogP contribution in [-0.4, -0.2) is 27.1 Å². The number of hydrogen-bond acceptors (Lipinski definition) is 3. The monoisotopic (exact) mass is 378 g/mol. The van der Waals surface area contributed by atoms with E-state index in [2.05, 4.69) is 5.32 Å². The maximum absolute atomic E-state index is 12.6. The van der Waals surface area contributed by atoms with Crippen LogP contribution in [0.3, 0.4) is 0 Å². The maximum atomic E-state index is 12.6. The molecule has 0 atom stereocenters. The van der Waals surface area contributed by atoms with E-state index < -0.39 is 10.0 Å². The van der Waals surface area contributed by atoms with Crippen molar-refractivity contribution < 1.29 is 13.2 Å². The van der Waals surface area contributed by atoms with Crippen LogP contribution in [0.2, 0.25) is 5.02 Å². The van der Waals surface area contributed by atoms with Crippen LogP contribution in [0.5, 0.6) is 0 Å². The molecule has 0 aliphatic carbocycles. The van der Waals surface area contributed by atoms with Crippen molar-refractivity contribution in [3.63, 3.8) is 0 Å². The molecule has 3 rings (SSSR count). The molecule has 132 valence electrons. The number of benzene rings is 2. The second-order valence-corrected chi connectivity index (χ2v) is 8.46. The largest absolute Gasteiger partial charge is 0.322 e. The number of hydrogen-bond donors (Lipinski definition) is 1. The molecule has 1 amide bonds. The van der Waals surface area contributed by atoms with Gasteiger partial charge in [-0.25, -0.2) is 8.42 Å². The van der Waals surface area contributed by atoms with Crippen LogP contribution >= 0.6 is 11.6 Å². The van der Waals surface area contributed by atoms with Gasteiger partial charge < -0.3 is 5.32 Å². The van der Waals surface area contributed by atoms with Gasteiger partial charge in [0.25, 0.3) is 5.91 Å². The van der Waals surface area contributed by atoms with Crippen LogP contribution in [0.15, 0.2) is 36.4 Å². The lowest BCUT2D eigenvalue weighted by molar-refractivity contribution is 0.102. The smallest absolute Gasteiger partial charge is 0.255 e. The molecule has 0 bridgehead atoms. The Balaban J connectivity index is 1.89. The van der Waals surface area contributed by atoms with Crippen LogP contribution in [0.25, 0.3) is 0 Å². The minimum atomic E-state index is -3.31. The molecular formula is C18H19ClN2O3S. The molecule has 0 radical (unpaired) electrons. The Morgan fingerprint density at radius 1 is 1.24 bits per heavy atom. The third kappa shape index (κ3) is 3.65. The predicted molar refractivity (Wildman–Crippen MR) is 101 cm³/mol. The lowest BCUT2D eigenvalue weighted by Gasteiger charge is -2.29. The van der Waals surface area contributed by atoms with Gasteiger partial charge in [-0.05, 0) is 61.2 Å². The Morgan fingerprint density at radius 3 is 2.72 bits per heavy atom. The zero-order valence-corrected chi connectivity index (χ0v) is 15.6. The molecule has 2 aromatic rings. The van der Waals surface area contributed by atoms with E-state index in [0.29, 0.717) is 28.5 Å². The molecule has 0 aromatic heterocycles. The molecule has 2 aromatic carbocycles. The van der Waals surface area contributed by atoms with Crippen LogP contribution in [-0.2, 0) is 16.4 Å². The van der Waals surface area contributed by atoms with Gasteiger partial charge in [0.05, 0.1) is 11.9 Å². The summed E-state index contributed by atoms with van der Waals surface area (Å²) in [5.74, 6) is -0.246. The molecule has 25 heavy (non-hydrogen) atoms. The second-order valence-electron chi connectivity index (χ2n) is 6.15. The number of fused-ring (bicyclic) bond motifs is 1. The standard InChI is InChI=1S/C18H19ClN2O3S/c1-12-15(19)6-3-7-16(12)20-18(22)14-8-9-17-13(11-14)5-4-10-21(17)25(2,23)24/h3,6-9,11H,4-5,10H2,1-2H3,(H,20,22). The number of anilines is 2. The summed E-state index contributed by atoms with van der Waals surface area (Å²) in [6, 6.07) is 10.5. The fraction of sp³-hybridized carbons (Fsp3) is 0.278. The molecular weight excluding hydrogens is 360 g/mol. The van der Waals surface area contributed by atoms with E-state index in [9.17, 15) is 13.2 Å². The molecule has 0 fully saturated rings. The summed E-state index contributed by atoms with van der Waals surface area (Å²) in [5, 5.41) is 3.45. The summed E-state index contributed by atoms with van der Waals surface area (Å²) in [6.45, 7) is 2.31. The third-order valence-electron chi connectivity index (χ3n) is 4.33. The number of sulfonamides is 1. The second kappa shape index (κ2) is 6.69.